The summed E-state index contributed by atoms with van der Waals surface area (Å²) in [6.07, 6.45) is 0.711. The van der Waals surface area contributed by atoms with Crippen LogP contribution in [0.4, 0.5) is 0 Å². The van der Waals surface area contributed by atoms with Gasteiger partial charge in [-0.15, -0.1) is 11.8 Å². The third-order valence-electron chi connectivity index (χ3n) is 3.46. The van der Waals surface area contributed by atoms with Gasteiger partial charge in [-0.25, -0.2) is 5.01 Å². The van der Waals surface area contributed by atoms with E-state index in [0.717, 1.165) is 9.94 Å². The molecular weight excluding hydrogens is 328 g/mol. The van der Waals surface area contributed by atoms with Gasteiger partial charge in [0.05, 0.1) is 0 Å². The van der Waals surface area contributed by atoms with E-state index in [1.165, 1.54) is 28.5 Å². The second-order valence-electron chi connectivity index (χ2n) is 4.95. The van der Waals surface area contributed by atoms with Crippen LogP contribution in [0.25, 0.3) is 0 Å². The predicted octanol–water partition coefficient (Wildman–Crippen LogP) is 3.63. The van der Waals surface area contributed by atoms with Crippen molar-refractivity contribution in [1.82, 2.24) is 5.01 Å². The smallest absolute Gasteiger partial charge is 0.277 e. The fourth-order valence-corrected chi connectivity index (χ4v) is 3.99. The molecule has 1 aliphatic heterocycles. The highest BCUT2D eigenvalue weighted by Gasteiger charge is 2.36. The molecule has 0 saturated carbocycles. The fraction of sp³-hybridized carbons (Fsp3) is 0.176. The summed E-state index contributed by atoms with van der Waals surface area (Å²) in [5.74, 6) is -0.415. The zero-order valence-electron chi connectivity index (χ0n) is 12.5. The van der Waals surface area contributed by atoms with Gasteiger partial charge in [0, 0.05) is 0 Å². The van der Waals surface area contributed by atoms with Gasteiger partial charge in [0.1, 0.15) is 5.37 Å². The zero-order valence-corrected chi connectivity index (χ0v) is 14.1. The molecule has 0 saturated heterocycles. The molecule has 1 N–H and O–H groups in total. The van der Waals surface area contributed by atoms with Crippen molar-refractivity contribution in [2.75, 3.05) is 6.26 Å². The predicted molar refractivity (Wildman–Crippen MR) is 96.0 cm³/mol. The van der Waals surface area contributed by atoms with E-state index in [0.29, 0.717) is 5.56 Å². The van der Waals surface area contributed by atoms with E-state index in [1.54, 1.807) is 24.3 Å². The first-order chi connectivity index (χ1) is 11.2. The molecule has 0 radical (unpaired) electrons. The summed E-state index contributed by atoms with van der Waals surface area (Å²) in [7, 11) is 0. The molecule has 1 amide bonds. The summed E-state index contributed by atoms with van der Waals surface area (Å²) in [6.45, 7) is 0. The van der Waals surface area contributed by atoms with Crippen LogP contribution < -0.4 is 0 Å². The number of nitrogens with zero attached hydrogens (tertiary/aromatic N) is 2. The van der Waals surface area contributed by atoms with Gasteiger partial charge in [-0.2, -0.15) is 5.10 Å². The Labute approximate surface area is 143 Å². The highest BCUT2D eigenvalue weighted by molar-refractivity contribution is 8.38. The van der Waals surface area contributed by atoms with E-state index in [-0.39, 0.29) is 5.37 Å². The van der Waals surface area contributed by atoms with Gasteiger partial charge < -0.3 is 5.11 Å². The lowest BCUT2D eigenvalue weighted by Crippen LogP contribution is -2.31. The molecule has 2 aromatic carbocycles. The third kappa shape index (κ3) is 3.44. The van der Waals surface area contributed by atoms with Crippen LogP contribution in [-0.2, 0) is 4.79 Å². The molecule has 118 valence electrons. The number of hydrazone groups is 1. The largest absolute Gasteiger partial charge is 0.378 e. The number of thioether (sulfide) groups is 2. The Bertz CT molecular complexity index is 707. The molecule has 1 aliphatic rings. The summed E-state index contributed by atoms with van der Waals surface area (Å²) in [6, 6.07) is 18.7. The lowest BCUT2D eigenvalue weighted by atomic mass is 10.1. The number of carbonyl (C=O) groups excluding carboxylic acids is 1. The van der Waals surface area contributed by atoms with Crippen LogP contribution >= 0.6 is 23.5 Å². The van der Waals surface area contributed by atoms with E-state index >= 15 is 0 Å². The molecule has 0 fully saturated rings. The Morgan fingerprint density at radius 1 is 1.17 bits per heavy atom. The minimum absolute atomic E-state index is 0.246. The van der Waals surface area contributed by atoms with Crippen molar-refractivity contribution in [2.45, 2.75) is 11.5 Å². The van der Waals surface area contributed by atoms with Crippen LogP contribution in [-0.4, -0.2) is 26.7 Å². The molecule has 0 aromatic heterocycles. The van der Waals surface area contributed by atoms with E-state index in [1.807, 2.05) is 42.7 Å². The number of hydrogen-bond donors (Lipinski definition) is 1. The number of amides is 1. The van der Waals surface area contributed by atoms with Gasteiger partial charge in [0.15, 0.2) is 10.5 Å². The lowest BCUT2D eigenvalue weighted by Gasteiger charge is -2.23. The quantitative estimate of drug-likeness (QED) is 0.924. The van der Waals surface area contributed by atoms with E-state index < -0.39 is 12.0 Å². The second-order valence-corrected chi connectivity index (χ2v) is 7.07. The Morgan fingerprint density at radius 2 is 1.78 bits per heavy atom. The zero-order chi connectivity index (χ0) is 16.2. The van der Waals surface area contributed by atoms with Crippen molar-refractivity contribution in [3.63, 3.8) is 0 Å². The SMILES string of the molecule is CSC1=NN(C(=O)[C@@H](O)c2ccccc2)[C@@H](c2ccccc2)S1. The average Bonchev–Trinajstić information content (AvgIpc) is 3.06. The normalized spacial score (nSPS) is 18.6. The highest BCUT2D eigenvalue weighted by atomic mass is 32.2. The monoisotopic (exact) mass is 344 g/mol. The molecule has 23 heavy (non-hydrogen) atoms. The molecule has 3 rings (SSSR count). The van der Waals surface area contributed by atoms with Crippen LogP contribution in [0.1, 0.15) is 22.6 Å². The third-order valence-corrected chi connectivity index (χ3v) is 5.66. The molecule has 2 aromatic rings. The molecular formula is C17H16N2O2S2. The molecule has 0 spiro atoms. The van der Waals surface area contributed by atoms with Crippen molar-refractivity contribution in [3.05, 3.63) is 71.8 Å². The van der Waals surface area contributed by atoms with Crippen molar-refractivity contribution in [1.29, 1.82) is 0 Å². The molecule has 2 atom stereocenters. The molecule has 4 nitrogen and oxygen atoms in total. The van der Waals surface area contributed by atoms with Crippen molar-refractivity contribution < 1.29 is 9.90 Å². The Hall–Kier alpha value is -1.76. The maximum absolute atomic E-state index is 12.7. The van der Waals surface area contributed by atoms with Crippen LogP contribution in [0.2, 0.25) is 0 Å². The van der Waals surface area contributed by atoms with Gasteiger partial charge >= 0.3 is 0 Å². The maximum Gasteiger partial charge on any atom is 0.277 e. The standard InChI is InChI=1S/C17H16N2O2S2/c1-22-17-18-19(16(23-17)13-10-6-3-7-11-13)15(21)14(20)12-8-4-2-5-9-12/h2-11,14,16,20H,1H3/t14-,16+/m0/s1. The maximum atomic E-state index is 12.7. The van der Waals surface area contributed by atoms with E-state index in [9.17, 15) is 9.90 Å². The molecule has 0 unspecified atom stereocenters. The summed E-state index contributed by atoms with van der Waals surface area (Å²) in [4.78, 5) is 12.7. The summed E-state index contributed by atoms with van der Waals surface area (Å²) < 4.78 is 0.812. The minimum Gasteiger partial charge on any atom is -0.378 e. The van der Waals surface area contributed by atoms with Crippen LogP contribution in [0.15, 0.2) is 65.8 Å². The number of rotatable bonds is 3. The van der Waals surface area contributed by atoms with Crippen LogP contribution in [0, 0.1) is 0 Å². The van der Waals surface area contributed by atoms with Gasteiger partial charge in [-0.1, -0.05) is 72.4 Å². The number of benzene rings is 2. The Balaban J connectivity index is 1.88. The Kier molecular flexibility index (Phi) is 5.05. The van der Waals surface area contributed by atoms with Gasteiger partial charge in [-0.3, -0.25) is 4.79 Å². The lowest BCUT2D eigenvalue weighted by molar-refractivity contribution is -0.141. The van der Waals surface area contributed by atoms with Crippen molar-refractivity contribution in [3.8, 4) is 0 Å². The number of carbonyl (C=O) groups is 1. The van der Waals surface area contributed by atoms with Crippen molar-refractivity contribution in [2.24, 2.45) is 5.10 Å². The first kappa shape index (κ1) is 16.1. The second kappa shape index (κ2) is 7.21. The van der Waals surface area contributed by atoms with E-state index in [2.05, 4.69) is 5.10 Å². The first-order valence-electron chi connectivity index (χ1n) is 7.11. The molecule has 0 aliphatic carbocycles. The van der Waals surface area contributed by atoms with Gasteiger partial charge in [0.25, 0.3) is 5.91 Å². The Morgan fingerprint density at radius 3 is 2.39 bits per heavy atom. The summed E-state index contributed by atoms with van der Waals surface area (Å²) in [5, 5.41) is 15.9. The van der Waals surface area contributed by atoms with Crippen LogP contribution in [0.3, 0.4) is 0 Å². The van der Waals surface area contributed by atoms with Gasteiger partial charge in [0.2, 0.25) is 0 Å². The van der Waals surface area contributed by atoms with Crippen LogP contribution in [0.5, 0.6) is 0 Å². The minimum atomic E-state index is -1.21. The van der Waals surface area contributed by atoms with Gasteiger partial charge in [-0.05, 0) is 17.4 Å². The van der Waals surface area contributed by atoms with E-state index in [4.69, 9.17) is 0 Å². The highest BCUT2D eigenvalue weighted by Crippen LogP contribution is 2.43. The molecule has 1 heterocycles. The molecule has 6 heteroatoms. The summed E-state index contributed by atoms with van der Waals surface area (Å²) in [5.41, 5.74) is 1.56. The number of aliphatic hydroxyl groups excluding tert-OH is 1. The van der Waals surface area contributed by atoms with Crippen molar-refractivity contribution >= 4 is 33.8 Å². The number of hydrogen-bond acceptors (Lipinski definition) is 5. The summed E-state index contributed by atoms with van der Waals surface area (Å²) >= 11 is 3.02. The topological polar surface area (TPSA) is 52.9 Å². The first-order valence-corrected chi connectivity index (χ1v) is 9.21. The number of aliphatic hydroxyl groups is 1. The fourth-order valence-electron chi connectivity index (χ4n) is 2.29. The average molecular weight is 344 g/mol. The molecule has 0 bridgehead atoms.